The molecule has 0 N–H and O–H groups in total. The van der Waals surface area contributed by atoms with Gasteiger partial charge < -0.3 is 4.74 Å². The summed E-state index contributed by atoms with van der Waals surface area (Å²) in [6.07, 6.45) is 36.5. The predicted molar refractivity (Wildman–Crippen MR) is 170 cm³/mol. The molecular formula is C36H70O3. The van der Waals surface area contributed by atoms with Crippen LogP contribution >= 0.6 is 0 Å². The summed E-state index contributed by atoms with van der Waals surface area (Å²) in [7, 11) is 0. The first-order chi connectivity index (χ1) is 19.2. The molecule has 0 heterocycles. The lowest BCUT2D eigenvalue weighted by atomic mass is 9.94. The highest BCUT2D eigenvalue weighted by atomic mass is 16.6. The molecule has 0 aliphatic rings. The number of ether oxygens (including phenoxy) is 1. The summed E-state index contributed by atoms with van der Waals surface area (Å²) in [5.74, 6) is -0.634. The van der Waals surface area contributed by atoms with E-state index >= 15 is 0 Å². The molecule has 0 spiro atoms. The van der Waals surface area contributed by atoms with Crippen molar-refractivity contribution in [3.63, 3.8) is 0 Å². The Morgan fingerprint density at radius 2 is 0.692 bits per heavy atom. The average Bonchev–Trinajstić information content (AvgIpc) is 2.93. The lowest BCUT2D eigenvalue weighted by Crippen LogP contribution is -2.21. The molecule has 0 bridgehead atoms. The summed E-state index contributed by atoms with van der Waals surface area (Å²) in [6.45, 7) is 6.77. The summed E-state index contributed by atoms with van der Waals surface area (Å²) in [4.78, 5) is 25.2. The Hall–Kier alpha value is -0.860. The summed E-state index contributed by atoms with van der Waals surface area (Å²) < 4.78 is 5.36. The van der Waals surface area contributed by atoms with Crippen LogP contribution in [0.4, 0.5) is 0 Å². The third-order valence-corrected chi connectivity index (χ3v) is 8.34. The van der Waals surface area contributed by atoms with Gasteiger partial charge >= 0.3 is 11.9 Å². The van der Waals surface area contributed by atoms with Crippen LogP contribution in [-0.4, -0.2) is 11.9 Å². The van der Waals surface area contributed by atoms with Crippen molar-refractivity contribution in [3.05, 3.63) is 0 Å². The molecule has 0 rings (SSSR count). The van der Waals surface area contributed by atoms with Crippen molar-refractivity contribution >= 4 is 11.9 Å². The molecule has 0 amide bonds. The zero-order valence-electron chi connectivity index (χ0n) is 27.0. The maximum absolute atomic E-state index is 12.8. The molecule has 0 aromatic carbocycles. The highest BCUT2D eigenvalue weighted by molar-refractivity contribution is 5.86. The van der Waals surface area contributed by atoms with Gasteiger partial charge in [-0.3, -0.25) is 9.59 Å². The number of esters is 2. The van der Waals surface area contributed by atoms with Crippen LogP contribution in [0, 0.1) is 5.92 Å². The number of hydrogen-bond donors (Lipinski definition) is 0. The van der Waals surface area contributed by atoms with E-state index in [1.807, 2.05) is 0 Å². The zero-order chi connectivity index (χ0) is 28.7. The van der Waals surface area contributed by atoms with Crippen molar-refractivity contribution in [3.8, 4) is 0 Å². The van der Waals surface area contributed by atoms with Crippen molar-refractivity contribution in [2.24, 2.45) is 5.92 Å². The summed E-state index contributed by atoms with van der Waals surface area (Å²) >= 11 is 0. The zero-order valence-corrected chi connectivity index (χ0v) is 27.0. The molecule has 0 saturated heterocycles. The van der Waals surface area contributed by atoms with E-state index in [0.29, 0.717) is 6.42 Å². The van der Waals surface area contributed by atoms with E-state index in [1.165, 1.54) is 148 Å². The quantitative estimate of drug-likeness (QED) is 0.0489. The standard InChI is InChI=1S/C36H70O3/c1-4-7-10-13-16-18-19-20-21-22-24-27-30-33-35(37)39-36(38)34(31-28-25-15-12-9-6-3)32-29-26-23-17-14-11-8-5-2/h34H,4-33H2,1-3H3. The highest BCUT2D eigenvalue weighted by Crippen LogP contribution is 2.21. The number of unbranched alkanes of at least 4 members (excludes halogenated alkanes) is 24. The van der Waals surface area contributed by atoms with Gasteiger partial charge in [0, 0.05) is 6.42 Å². The van der Waals surface area contributed by atoms with Crippen LogP contribution in [0.5, 0.6) is 0 Å². The Kier molecular flexibility index (Phi) is 31.0. The second-order valence-electron chi connectivity index (χ2n) is 12.3. The SMILES string of the molecule is CCCCCCCCCCCCCCCC(=O)OC(=O)C(CCCCCCCC)CCCCCCCCCC. The van der Waals surface area contributed by atoms with Gasteiger partial charge in [-0.15, -0.1) is 0 Å². The lowest BCUT2D eigenvalue weighted by molar-refractivity contribution is -0.163. The number of hydrogen-bond acceptors (Lipinski definition) is 3. The second-order valence-corrected chi connectivity index (χ2v) is 12.3. The molecule has 1 atom stereocenters. The minimum atomic E-state index is -0.299. The van der Waals surface area contributed by atoms with Gasteiger partial charge in [-0.1, -0.05) is 188 Å². The number of carbonyl (C=O) groups excluding carboxylic acids is 2. The summed E-state index contributed by atoms with van der Waals surface area (Å²) in [5, 5.41) is 0. The van der Waals surface area contributed by atoms with Gasteiger partial charge in [-0.05, 0) is 19.3 Å². The van der Waals surface area contributed by atoms with Crippen LogP contribution in [0.2, 0.25) is 0 Å². The third-order valence-electron chi connectivity index (χ3n) is 8.34. The summed E-state index contributed by atoms with van der Waals surface area (Å²) in [6, 6.07) is 0. The van der Waals surface area contributed by atoms with Gasteiger partial charge in [0.25, 0.3) is 0 Å². The van der Waals surface area contributed by atoms with Gasteiger partial charge in [-0.25, -0.2) is 0 Å². The molecule has 0 aromatic heterocycles. The molecule has 3 heteroatoms. The van der Waals surface area contributed by atoms with Crippen molar-refractivity contribution in [1.29, 1.82) is 0 Å². The summed E-state index contributed by atoms with van der Waals surface area (Å²) in [5.41, 5.74) is 0. The molecule has 0 aliphatic heterocycles. The Labute approximate surface area is 245 Å². The van der Waals surface area contributed by atoms with E-state index in [2.05, 4.69) is 20.8 Å². The number of carbonyl (C=O) groups is 2. The molecular weight excluding hydrogens is 480 g/mol. The van der Waals surface area contributed by atoms with E-state index in [1.54, 1.807) is 0 Å². The van der Waals surface area contributed by atoms with Crippen molar-refractivity contribution in [2.45, 2.75) is 213 Å². The Morgan fingerprint density at radius 3 is 1.03 bits per heavy atom. The van der Waals surface area contributed by atoms with E-state index < -0.39 is 0 Å². The van der Waals surface area contributed by atoms with Gasteiger partial charge in [0.1, 0.15) is 0 Å². The van der Waals surface area contributed by atoms with E-state index in [9.17, 15) is 9.59 Å². The smallest absolute Gasteiger partial charge is 0.316 e. The Morgan fingerprint density at radius 1 is 0.410 bits per heavy atom. The fourth-order valence-corrected chi connectivity index (χ4v) is 5.61. The van der Waals surface area contributed by atoms with Crippen LogP contribution in [0.15, 0.2) is 0 Å². The normalized spacial score (nSPS) is 12.1. The monoisotopic (exact) mass is 551 g/mol. The van der Waals surface area contributed by atoms with Crippen molar-refractivity contribution in [1.82, 2.24) is 0 Å². The molecule has 0 saturated carbocycles. The minimum Gasteiger partial charge on any atom is -0.393 e. The van der Waals surface area contributed by atoms with Gasteiger partial charge in [-0.2, -0.15) is 0 Å². The molecule has 232 valence electrons. The molecule has 0 aromatic rings. The van der Waals surface area contributed by atoms with Crippen LogP contribution in [-0.2, 0) is 14.3 Å². The Bertz CT molecular complexity index is 515. The maximum Gasteiger partial charge on any atom is 0.316 e. The first-order valence-electron chi connectivity index (χ1n) is 17.9. The average molecular weight is 551 g/mol. The van der Waals surface area contributed by atoms with Crippen LogP contribution < -0.4 is 0 Å². The van der Waals surface area contributed by atoms with Gasteiger partial charge in [0.2, 0.25) is 0 Å². The molecule has 0 fully saturated rings. The van der Waals surface area contributed by atoms with Crippen LogP contribution in [0.25, 0.3) is 0 Å². The van der Waals surface area contributed by atoms with Gasteiger partial charge in [0.15, 0.2) is 0 Å². The maximum atomic E-state index is 12.8. The van der Waals surface area contributed by atoms with Gasteiger partial charge in [0.05, 0.1) is 5.92 Å². The number of rotatable bonds is 31. The first kappa shape index (κ1) is 38.1. The third kappa shape index (κ3) is 28.5. The predicted octanol–water partition coefficient (Wildman–Crippen LogP) is 12.4. The molecule has 3 nitrogen and oxygen atoms in total. The first-order valence-corrected chi connectivity index (χ1v) is 17.9. The van der Waals surface area contributed by atoms with E-state index in [4.69, 9.17) is 4.74 Å². The topological polar surface area (TPSA) is 43.4 Å². The second kappa shape index (κ2) is 31.7. The van der Waals surface area contributed by atoms with Crippen molar-refractivity contribution in [2.75, 3.05) is 0 Å². The van der Waals surface area contributed by atoms with Crippen LogP contribution in [0.1, 0.15) is 213 Å². The fraction of sp³-hybridized carbons (Fsp3) is 0.944. The molecule has 1 unspecified atom stereocenters. The minimum absolute atomic E-state index is 0.0909. The van der Waals surface area contributed by atoms with E-state index in [0.717, 1.165) is 38.5 Å². The largest absolute Gasteiger partial charge is 0.393 e. The highest BCUT2D eigenvalue weighted by Gasteiger charge is 2.22. The lowest BCUT2D eigenvalue weighted by Gasteiger charge is -2.15. The van der Waals surface area contributed by atoms with Crippen molar-refractivity contribution < 1.29 is 14.3 Å². The van der Waals surface area contributed by atoms with E-state index in [-0.39, 0.29) is 17.9 Å². The Balaban J connectivity index is 4.03. The molecule has 0 aliphatic carbocycles. The van der Waals surface area contributed by atoms with Crippen LogP contribution in [0.3, 0.4) is 0 Å². The molecule has 39 heavy (non-hydrogen) atoms. The fourth-order valence-electron chi connectivity index (χ4n) is 5.61. The molecule has 0 radical (unpaired) electrons.